The molecule has 1 heterocycles. The number of amidine groups is 1. The largest absolute Gasteiger partial charge is 0.475 e. The van der Waals surface area contributed by atoms with Crippen molar-refractivity contribution >= 4 is 29.1 Å². The molecule has 0 unspecified atom stereocenters. The van der Waals surface area contributed by atoms with Gasteiger partial charge in [0, 0.05) is 6.54 Å². The third kappa shape index (κ3) is 7.40. The molecule has 0 amide bonds. The molecule has 8 heteroatoms. The van der Waals surface area contributed by atoms with Crippen molar-refractivity contribution < 1.29 is 9.47 Å². The van der Waals surface area contributed by atoms with E-state index in [9.17, 15) is 0 Å². The predicted octanol–water partition coefficient (Wildman–Crippen LogP) is 3.88. The van der Waals surface area contributed by atoms with Crippen molar-refractivity contribution in [2.75, 3.05) is 26.7 Å². The second-order valence-corrected chi connectivity index (χ2v) is 8.60. The molecule has 0 aliphatic carbocycles. The highest BCUT2D eigenvalue weighted by atomic mass is 32.1. The lowest BCUT2D eigenvalue weighted by Crippen LogP contribution is -2.34. The van der Waals surface area contributed by atoms with Crippen LogP contribution in [0.5, 0.6) is 5.75 Å². The van der Waals surface area contributed by atoms with Crippen molar-refractivity contribution in [1.82, 2.24) is 10.2 Å². The zero-order valence-electron chi connectivity index (χ0n) is 20.3. The van der Waals surface area contributed by atoms with Gasteiger partial charge < -0.3 is 25.4 Å². The van der Waals surface area contributed by atoms with Crippen molar-refractivity contribution in [1.29, 1.82) is 0 Å². The summed E-state index contributed by atoms with van der Waals surface area (Å²) >= 11 is 5.33. The number of aliphatic imine (C=N–C) groups is 2. The van der Waals surface area contributed by atoms with E-state index in [-0.39, 0.29) is 11.0 Å². The van der Waals surface area contributed by atoms with Gasteiger partial charge in [0.05, 0.1) is 18.4 Å². The van der Waals surface area contributed by atoms with E-state index >= 15 is 0 Å². The summed E-state index contributed by atoms with van der Waals surface area (Å²) < 4.78 is 11.6. The maximum atomic E-state index is 6.12. The van der Waals surface area contributed by atoms with Crippen LogP contribution >= 0.6 is 12.2 Å². The van der Waals surface area contributed by atoms with Gasteiger partial charge in [-0.05, 0) is 74.4 Å². The number of rotatable bonds is 8. The summed E-state index contributed by atoms with van der Waals surface area (Å²) in [5.74, 6) is 1.48. The standard InChI is InChI=1S/C26H33N5O2S/c1-5-31(4)12-11-21-13-19(3)23(14-18(21)2)33-26(34)30-25(27)22-15-29-24(16-28-22)32-17-20-9-7-6-8-10-20/h6-10,13-15,28H,5,11-12,16-17H2,1-4H3,(H2,27,30,34). The second kappa shape index (κ2) is 12.3. The van der Waals surface area contributed by atoms with E-state index in [1.165, 1.54) is 11.1 Å². The van der Waals surface area contributed by atoms with Crippen LogP contribution in [0.25, 0.3) is 0 Å². The van der Waals surface area contributed by atoms with Crippen molar-refractivity contribution in [3.63, 3.8) is 0 Å². The smallest absolute Gasteiger partial charge is 0.290 e. The number of ether oxygens (including phenoxy) is 2. The molecule has 0 saturated heterocycles. The number of nitrogens with one attached hydrogen (secondary N) is 1. The predicted molar refractivity (Wildman–Crippen MR) is 142 cm³/mol. The highest BCUT2D eigenvalue weighted by Crippen LogP contribution is 2.24. The Morgan fingerprint density at radius 3 is 2.65 bits per heavy atom. The van der Waals surface area contributed by atoms with Crippen LogP contribution in [0.3, 0.4) is 0 Å². The van der Waals surface area contributed by atoms with Gasteiger partial charge in [-0.2, -0.15) is 4.99 Å². The first kappa shape index (κ1) is 25.4. The summed E-state index contributed by atoms with van der Waals surface area (Å²) in [6.45, 7) is 9.17. The Balaban J connectivity index is 1.58. The molecular weight excluding hydrogens is 446 g/mol. The number of nitrogens with two attached hydrogens (primary N) is 1. The molecule has 0 atom stereocenters. The summed E-state index contributed by atoms with van der Waals surface area (Å²) in [5.41, 5.74) is 11.3. The molecule has 0 bridgehead atoms. The van der Waals surface area contributed by atoms with E-state index in [1.54, 1.807) is 6.20 Å². The van der Waals surface area contributed by atoms with Gasteiger partial charge >= 0.3 is 0 Å². The Morgan fingerprint density at radius 2 is 1.97 bits per heavy atom. The SMILES string of the molecule is CCN(C)CCc1cc(C)c(OC(=S)/N=C(\N)C2=CN=C(OCc3ccccc3)CN2)cc1C. The first-order valence-corrected chi connectivity index (χ1v) is 11.8. The molecule has 7 nitrogen and oxygen atoms in total. The van der Waals surface area contributed by atoms with Crippen LogP contribution < -0.4 is 15.8 Å². The minimum Gasteiger partial charge on any atom is -0.475 e. The lowest BCUT2D eigenvalue weighted by molar-refractivity contribution is 0.284. The van der Waals surface area contributed by atoms with E-state index in [2.05, 4.69) is 47.2 Å². The highest BCUT2D eigenvalue weighted by Gasteiger charge is 2.13. The molecule has 3 N–H and O–H groups in total. The normalized spacial score (nSPS) is 13.7. The summed E-state index contributed by atoms with van der Waals surface area (Å²) in [7, 11) is 2.13. The summed E-state index contributed by atoms with van der Waals surface area (Å²) in [5, 5.41) is 3.21. The Bertz CT molecular complexity index is 1100. The number of benzene rings is 2. The van der Waals surface area contributed by atoms with E-state index in [4.69, 9.17) is 27.4 Å². The van der Waals surface area contributed by atoms with Crippen molar-refractivity contribution in [3.05, 3.63) is 76.6 Å². The Hall–Kier alpha value is -3.23. The fraction of sp³-hybridized carbons (Fsp3) is 0.346. The fourth-order valence-electron chi connectivity index (χ4n) is 3.36. The molecule has 1 aliphatic rings. The number of aryl methyl sites for hydroxylation is 2. The lowest BCUT2D eigenvalue weighted by Gasteiger charge is -2.17. The first-order valence-electron chi connectivity index (χ1n) is 11.4. The van der Waals surface area contributed by atoms with Crippen LogP contribution in [0.2, 0.25) is 0 Å². The Kier molecular flexibility index (Phi) is 9.18. The van der Waals surface area contributed by atoms with Gasteiger partial charge in [0.25, 0.3) is 5.17 Å². The lowest BCUT2D eigenvalue weighted by atomic mass is 10.0. The van der Waals surface area contributed by atoms with Gasteiger partial charge in [0.2, 0.25) is 5.90 Å². The van der Waals surface area contributed by atoms with E-state index < -0.39 is 0 Å². The quantitative estimate of drug-likeness (QED) is 0.340. The first-order chi connectivity index (χ1) is 16.4. The van der Waals surface area contributed by atoms with Gasteiger partial charge in [-0.3, -0.25) is 0 Å². The molecule has 180 valence electrons. The molecular formula is C26H33N5O2S. The minimum absolute atomic E-state index is 0.0521. The van der Waals surface area contributed by atoms with Crippen molar-refractivity contribution in [3.8, 4) is 5.75 Å². The third-order valence-corrected chi connectivity index (χ3v) is 5.81. The van der Waals surface area contributed by atoms with Crippen LogP contribution in [-0.2, 0) is 17.8 Å². The molecule has 1 aliphatic heterocycles. The maximum absolute atomic E-state index is 6.12. The number of likely N-dealkylation sites (N-methyl/N-ethyl adjacent to an activating group) is 1. The van der Waals surface area contributed by atoms with Gasteiger partial charge in [0.1, 0.15) is 12.4 Å². The Labute approximate surface area is 207 Å². The van der Waals surface area contributed by atoms with Gasteiger partial charge in [-0.15, -0.1) is 0 Å². The van der Waals surface area contributed by atoms with Crippen LogP contribution in [0.15, 0.2) is 64.3 Å². The highest BCUT2D eigenvalue weighted by molar-refractivity contribution is 7.80. The van der Waals surface area contributed by atoms with Crippen LogP contribution in [0, 0.1) is 13.8 Å². The van der Waals surface area contributed by atoms with E-state index in [0.29, 0.717) is 30.5 Å². The van der Waals surface area contributed by atoms with Gasteiger partial charge in [-0.25, -0.2) is 4.99 Å². The number of hydrogen-bond acceptors (Lipinski definition) is 6. The fourth-order valence-corrected chi connectivity index (χ4v) is 3.55. The average Bonchev–Trinajstić information content (AvgIpc) is 2.84. The monoisotopic (exact) mass is 479 g/mol. The molecule has 0 spiro atoms. The van der Waals surface area contributed by atoms with Gasteiger partial charge in [0.15, 0.2) is 5.84 Å². The van der Waals surface area contributed by atoms with Crippen LogP contribution in [0.4, 0.5) is 0 Å². The third-order valence-electron chi connectivity index (χ3n) is 5.64. The molecule has 2 aromatic rings. The summed E-state index contributed by atoms with van der Waals surface area (Å²) in [6, 6.07) is 14.1. The topological polar surface area (TPSA) is 84.5 Å². The van der Waals surface area contributed by atoms with E-state index in [0.717, 1.165) is 30.6 Å². The van der Waals surface area contributed by atoms with E-state index in [1.807, 2.05) is 43.3 Å². The van der Waals surface area contributed by atoms with Crippen LogP contribution in [0.1, 0.15) is 29.2 Å². The summed E-state index contributed by atoms with van der Waals surface area (Å²) in [6.07, 6.45) is 2.58. The molecule has 0 fully saturated rings. The second-order valence-electron chi connectivity index (χ2n) is 8.25. The molecule has 0 aromatic heterocycles. The van der Waals surface area contributed by atoms with Crippen molar-refractivity contribution in [2.45, 2.75) is 33.8 Å². The summed E-state index contributed by atoms with van der Waals surface area (Å²) in [4.78, 5) is 10.9. The zero-order valence-corrected chi connectivity index (χ0v) is 21.1. The van der Waals surface area contributed by atoms with Gasteiger partial charge in [-0.1, -0.05) is 43.3 Å². The van der Waals surface area contributed by atoms with Crippen LogP contribution in [-0.4, -0.2) is 48.5 Å². The minimum atomic E-state index is 0.0521. The number of hydrogen-bond donors (Lipinski definition) is 2. The molecule has 0 saturated carbocycles. The molecule has 2 aromatic carbocycles. The molecule has 34 heavy (non-hydrogen) atoms. The zero-order chi connectivity index (χ0) is 24.5. The Morgan fingerprint density at radius 1 is 1.21 bits per heavy atom. The average molecular weight is 480 g/mol. The van der Waals surface area contributed by atoms with Crippen molar-refractivity contribution in [2.24, 2.45) is 15.7 Å². The number of thiocarbonyl (C=S) groups is 1. The number of nitrogens with zero attached hydrogens (tertiary/aromatic N) is 3. The molecule has 0 radical (unpaired) electrons. The maximum Gasteiger partial charge on any atom is 0.290 e. The molecule has 3 rings (SSSR count).